The highest BCUT2D eigenvalue weighted by Gasteiger charge is 2.52. The van der Waals surface area contributed by atoms with E-state index in [1.54, 1.807) is 30.0 Å². The molecule has 1 aromatic rings. The zero-order chi connectivity index (χ0) is 16.6. The van der Waals surface area contributed by atoms with Gasteiger partial charge in [0.1, 0.15) is 6.04 Å². The summed E-state index contributed by atoms with van der Waals surface area (Å²) in [6, 6.07) is 4.56. The van der Waals surface area contributed by atoms with E-state index in [0.29, 0.717) is 28.8 Å². The van der Waals surface area contributed by atoms with Crippen LogP contribution in [0.25, 0.3) is 0 Å². The van der Waals surface area contributed by atoms with Crippen LogP contribution >= 0.6 is 23.2 Å². The lowest BCUT2D eigenvalue weighted by molar-refractivity contribution is -0.233. The van der Waals surface area contributed by atoms with E-state index in [1.807, 2.05) is 0 Å². The lowest BCUT2D eigenvalue weighted by atomic mass is 10.1. The number of rotatable bonds is 1. The van der Waals surface area contributed by atoms with E-state index in [9.17, 15) is 9.59 Å². The van der Waals surface area contributed by atoms with E-state index in [1.165, 1.54) is 0 Å². The summed E-state index contributed by atoms with van der Waals surface area (Å²) in [5.74, 6) is -2.90. The van der Waals surface area contributed by atoms with Gasteiger partial charge in [0.25, 0.3) is 0 Å². The molecule has 1 atom stereocenters. The van der Waals surface area contributed by atoms with Crippen LogP contribution in [-0.2, 0) is 19.1 Å². The summed E-state index contributed by atoms with van der Waals surface area (Å²) < 4.78 is 11.0. The molecular formula is C15H14Cl2N2O4. The molecule has 1 fully saturated rings. The van der Waals surface area contributed by atoms with E-state index in [0.717, 1.165) is 12.2 Å². The number of carbonyl (C=O) groups excluding carboxylic acids is 2. The maximum atomic E-state index is 11.9. The lowest BCUT2D eigenvalue weighted by Crippen LogP contribution is -2.70. The van der Waals surface area contributed by atoms with Crippen LogP contribution in [0, 0.1) is 0 Å². The van der Waals surface area contributed by atoms with Crippen molar-refractivity contribution in [2.75, 3.05) is 18.0 Å². The molecule has 1 unspecified atom stereocenters. The van der Waals surface area contributed by atoms with Gasteiger partial charge in [-0.3, -0.25) is 4.90 Å². The van der Waals surface area contributed by atoms with Gasteiger partial charge >= 0.3 is 17.8 Å². The van der Waals surface area contributed by atoms with Crippen molar-refractivity contribution < 1.29 is 19.1 Å². The number of carbonyl (C=O) groups is 2. The van der Waals surface area contributed by atoms with Crippen LogP contribution < -0.4 is 10.2 Å². The molecule has 2 aliphatic rings. The fourth-order valence-corrected chi connectivity index (χ4v) is 2.97. The molecule has 2 aliphatic heterocycles. The largest absolute Gasteiger partial charge is 0.399 e. The maximum Gasteiger partial charge on any atom is 0.358 e. The third kappa shape index (κ3) is 2.89. The molecule has 0 aromatic heterocycles. The van der Waals surface area contributed by atoms with Gasteiger partial charge in [-0.25, -0.2) is 9.59 Å². The number of nitrogens with one attached hydrogen (secondary N) is 1. The summed E-state index contributed by atoms with van der Waals surface area (Å²) >= 11 is 12.0. The summed E-state index contributed by atoms with van der Waals surface area (Å²) in [7, 11) is 0. The monoisotopic (exact) mass is 356 g/mol. The molecule has 0 bridgehead atoms. The van der Waals surface area contributed by atoms with Crippen molar-refractivity contribution in [3.63, 3.8) is 0 Å². The molecule has 3 rings (SSSR count). The van der Waals surface area contributed by atoms with Crippen LogP contribution in [0.2, 0.25) is 10.0 Å². The third-order valence-corrected chi connectivity index (χ3v) is 4.51. The summed E-state index contributed by atoms with van der Waals surface area (Å²) in [6.07, 6.45) is 2.09. The second-order valence-electron chi connectivity index (χ2n) is 5.23. The number of hydrogen-bond donors (Lipinski definition) is 1. The standard InChI is InChI=1S/C15H14Cl2N2O4/c1-9-15(22-13(20)4-5-14(21)23-15)19(7-6-18-9)10-2-3-11(16)12(17)8-10/h2-5,8-9,18H,6-7H2,1H3. The lowest BCUT2D eigenvalue weighted by Gasteiger charge is -2.48. The minimum Gasteiger partial charge on any atom is -0.399 e. The molecule has 0 amide bonds. The van der Waals surface area contributed by atoms with Crippen molar-refractivity contribution in [3.8, 4) is 0 Å². The number of hydrogen-bond acceptors (Lipinski definition) is 6. The van der Waals surface area contributed by atoms with Crippen LogP contribution in [-0.4, -0.2) is 37.0 Å². The number of halogens is 2. The minimum atomic E-state index is -1.59. The van der Waals surface area contributed by atoms with E-state index in [-0.39, 0.29) is 0 Å². The first kappa shape index (κ1) is 16.1. The summed E-state index contributed by atoms with van der Waals surface area (Å²) in [5.41, 5.74) is 0.634. The van der Waals surface area contributed by atoms with E-state index in [2.05, 4.69) is 5.32 Å². The Kier molecular flexibility index (Phi) is 4.23. The fourth-order valence-electron chi connectivity index (χ4n) is 2.67. The topological polar surface area (TPSA) is 67.9 Å². The van der Waals surface area contributed by atoms with Gasteiger partial charge in [-0.2, -0.15) is 0 Å². The molecule has 122 valence electrons. The first-order chi connectivity index (χ1) is 10.9. The molecule has 6 nitrogen and oxygen atoms in total. The number of benzene rings is 1. The Bertz CT molecular complexity index is 672. The number of anilines is 1. The predicted molar refractivity (Wildman–Crippen MR) is 85.3 cm³/mol. The van der Waals surface area contributed by atoms with Crippen molar-refractivity contribution in [1.29, 1.82) is 0 Å². The van der Waals surface area contributed by atoms with Gasteiger partial charge in [0.2, 0.25) is 0 Å². The highest BCUT2D eigenvalue weighted by atomic mass is 35.5. The average molecular weight is 357 g/mol. The van der Waals surface area contributed by atoms with Gasteiger partial charge < -0.3 is 14.8 Å². The third-order valence-electron chi connectivity index (χ3n) is 3.77. The Hall–Kier alpha value is -1.76. The highest BCUT2D eigenvalue weighted by Crippen LogP contribution is 2.36. The molecule has 1 spiro atoms. The van der Waals surface area contributed by atoms with E-state index < -0.39 is 23.9 Å². The molecule has 0 aliphatic carbocycles. The fraction of sp³-hybridized carbons (Fsp3) is 0.333. The average Bonchev–Trinajstić information content (AvgIpc) is 2.65. The Morgan fingerprint density at radius 3 is 2.43 bits per heavy atom. The highest BCUT2D eigenvalue weighted by molar-refractivity contribution is 6.42. The number of nitrogens with zero attached hydrogens (tertiary/aromatic N) is 1. The molecule has 0 saturated carbocycles. The number of piperazine rings is 1. The number of esters is 2. The van der Waals surface area contributed by atoms with Crippen molar-refractivity contribution in [2.45, 2.75) is 18.9 Å². The van der Waals surface area contributed by atoms with Crippen molar-refractivity contribution >= 4 is 40.8 Å². The minimum absolute atomic E-state index is 0.356. The second kappa shape index (κ2) is 6.03. The Morgan fingerprint density at radius 1 is 1.17 bits per heavy atom. The van der Waals surface area contributed by atoms with E-state index in [4.69, 9.17) is 32.7 Å². The second-order valence-corrected chi connectivity index (χ2v) is 6.05. The van der Waals surface area contributed by atoms with Crippen molar-refractivity contribution in [3.05, 3.63) is 40.4 Å². The van der Waals surface area contributed by atoms with Crippen molar-refractivity contribution in [2.24, 2.45) is 0 Å². The summed E-state index contributed by atoms with van der Waals surface area (Å²) in [6.45, 7) is 2.84. The molecule has 1 aromatic carbocycles. The molecule has 1 saturated heterocycles. The quantitative estimate of drug-likeness (QED) is 0.777. The molecular weight excluding hydrogens is 343 g/mol. The SMILES string of the molecule is CC1NCCN(c2ccc(Cl)c(Cl)c2)C12OC(=O)C=CC(=O)O2. The molecule has 2 heterocycles. The van der Waals surface area contributed by atoms with Gasteiger partial charge in [-0.1, -0.05) is 23.2 Å². The first-order valence-corrected chi connectivity index (χ1v) is 7.78. The Labute approximate surface area is 142 Å². The molecule has 23 heavy (non-hydrogen) atoms. The maximum absolute atomic E-state index is 11.9. The number of ether oxygens (including phenoxy) is 2. The molecule has 1 N–H and O–H groups in total. The van der Waals surface area contributed by atoms with Gasteiger partial charge in [0, 0.05) is 30.9 Å². The Morgan fingerprint density at radius 2 is 1.83 bits per heavy atom. The van der Waals surface area contributed by atoms with Crippen LogP contribution in [0.4, 0.5) is 5.69 Å². The zero-order valence-electron chi connectivity index (χ0n) is 12.2. The van der Waals surface area contributed by atoms with Gasteiger partial charge in [0.05, 0.1) is 10.0 Å². The summed E-state index contributed by atoms with van der Waals surface area (Å²) in [4.78, 5) is 25.5. The normalized spacial score (nSPS) is 23.4. The van der Waals surface area contributed by atoms with Crippen LogP contribution in [0.15, 0.2) is 30.4 Å². The summed E-state index contributed by atoms with van der Waals surface area (Å²) in [5, 5.41) is 3.92. The molecule has 8 heteroatoms. The van der Waals surface area contributed by atoms with Gasteiger partial charge in [0.15, 0.2) is 0 Å². The molecule has 0 radical (unpaired) electrons. The Balaban J connectivity index is 2.07. The van der Waals surface area contributed by atoms with E-state index >= 15 is 0 Å². The zero-order valence-corrected chi connectivity index (χ0v) is 13.7. The van der Waals surface area contributed by atoms with Crippen LogP contribution in [0.1, 0.15) is 6.92 Å². The predicted octanol–water partition coefficient (Wildman–Crippen LogP) is 2.10. The van der Waals surface area contributed by atoms with Gasteiger partial charge in [-0.05, 0) is 25.1 Å². The van der Waals surface area contributed by atoms with Gasteiger partial charge in [-0.15, -0.1) is 0 Å². The van der Waals surface area contributed by atoms with Crippen LogP contribution in [0.5, 0.6) is 0 Å². The van der Waals surface area contributed by atoms with Crippen LogP contribution in [0.3, 0.4) is 0 Å². The smallest absolute Gasteiger partial charge is 0.358 e. The first-order valence-electron chi connectivity index (χ1n) is 7.02. The van der Waals surface area contributed by atoms with Crippen molar-refractivity contribution in [1.82, 2.24) is 5.32 Å².